The molecule has 0 unspecified atom stereocenters. The van der Waals surface area contributed by atoms with Crippen LogP contribution in [0.25, 0.3) is 0 Å². The van der Waals surface area contributed by atoms with E-state index < -0.39 is 15.8 Å². The van der Waals surface area contributed by atoms with E-state index in [9.17, 15) is 17.6 Å². The van der Waals surface area contributed by atoms with Crippen LogP contribution in [-0.4, -0.2) is 62.4 Å². The summed E-state index contributed by atoms with van der Waals surface area (Å²) >= 11 is 0. The zero-order valence-corrected chi connectivity index (χ0v) is 17.4. The number of halogens is 1. The predicted molar refractivity (Wildman–Crippen MR) is 106 cm³/mol. The third-order valence-corrected chi connectivity index (χ3v) is 7.41. The number of nitrogens with zero attached hydrogens (tertiary/aromatic N) is 2. The van der Waals surface area contributed by atoms with Crippen molar-refractivity contribution in [3.63, 3.8) is 0 Å². The van der Waals surface area contributed by atoms with Crippen molar-refractivity contribution < 1.29 is 17.6 Å². The minimum absolute atomic E-state index is 0.0165. The second kappa shape index (κ2) is 8.88. The van der Waals surface area contributed by atoms with Gasteiger partial charge >= 0.3 is 0 Å². The van der Waals surface area contributed by atoms with Crippen molar-refractivity contribution in [2.45, 2.75) is 56.5 Å². The Labute approximate surface area is 167 Å². The van der Waals surface area contributed by atoms with Crippen molar-refractivity contribution in [1.82, 2.24) is 14.5 Å². The van der Waals surface area contributed by atoms with E-state index in [0.29, 0.717) is 31.7 Å². The first-order valence-corrected chi connectivity index (χ1v) is 11.6. The number of carbonyl (C=O) groups excluding carboxylic acids is 1. The normalized spacial score (nSPS) is 24.5. The Balaban J connectivity index is 1.49. The van der Waals surface area contributed by atoms with Crippen molar-refractivity contribution in [2.24, 2.45) is 5.92 Å². The summed E-state index contributed by atoms with van der Waals surface area (Å²) in [4.78, 5) is 17.2. The molecule has 1 amide bonds. The number of hydrogen-bond donors (Lipinski definition) is 1. The molecule has 1 aliphatic heterocycles. The van der Waals surface area contributed by atoms with Crippen LogP contribution in [0.2, 0.25) is 0 Å². The van der Waals surface area contributed by atoms with Gasteiger partial charge in [0.15, 0.2) is 0 Å². The summed E-state index contributed by atoms with van der Waals surface area (Å²) in [6.07, 6.45) is 2.67. The van der Waals surface area contributed by atoms with E-state index in [-0.39, 0.29) is 22.8 Å². The molecule has 0 bridgehead atoms. The van der Waals surface area contributed by atoms with Crippen molar-refractivity contribution in [2.75, 3.05) is 26.2 Å². The molecule has 1 heterocycles. The molecule has 1 aromatic rings. The third-order valence-electron chi connectivity index (χ3n) is 5.88. The van der Waals surface area contributed by atoms with Gasteiger partial charge < -0.3 is 4.90 Å². The first kappa shape index (κ1) is 21.2. The summed E-state index contributed by atoms with van der Waals surface area (Å²) in [7, 11) is -3.67. The molecule has 0 atom stereocenters. The number of carbonyl (C=O) groups is 1. The van der Waals surface area contributed by atoms with Crippen LogP contribution in [0.1, 0.15) is 39.5 Å². The van der Waals surface area contributed by atoms with Gasteiger partial charge in [-0.1, -0.05) is 0 Å². The summed E-state index contributed by atoms with van der Waals surface area (Å²) in [5, 5.41) is 0. The summed E-state index contributed by atoms with van der Waals surface area (Å²) in [6.45, 7) is 7.71. The van der Waals surface area contributed by atoms with Crippen LogP contribution in [0.3, 0.4) is 0 Å². The van der Waals surface area contributed by atoms with Crippen LogP contribution in [0, 0.1) is 11.7 Å². The molecule has 0 spiro atoms. The molecule has 1 saturated carbocycles. The van der Waals surface area contributed by atoms with Crippen molar-refractivity contribution in [3.05, 3.63) is 30.1 Å². The van der Waals surface area contributed by atoms with Gasteiger partial charge in [0.2, 0.25) is 15.9 Å². The third kappa shape index (κ3) is 5.10. The molecule has 6 nitrogen and oxygen atoms in total. The monoisotopic (exact) mass is 411 g/mol. The average molecular weight is 412 g/mol. The lowest BCUT2D eigenvalue weighted by Crippen LogP contribution is -2.52. The number of sulfonamides is 1. The fourth-order valence-electron chi connectivity index (χ4n) is 4.08. The molecule has 3 rings (SSSR count). The van der Waals surface area contributed by atoms with Crippen molar-refractivity contribution in [3.8, 4) is 0 Å². The fourth-order valence-corrected chi connectivity index (χ4v) is 5.38. The summed E-state index contributed by atoms with van der Waals surface area (Å²) in [5.74, 6) is -0.271. The number of amides is 1. The van der Waals surface area contributed by atoms with Crippen LogP contribution in [0.5, 0.6) is 0 Å². The van der Waals surface area contributed by atoms with Gasteiger partial charge in [-0.3, -0.25) is 9.69 Å². The van der Waals surface area contributed by atoms with Gasteiger partial charge in [0.05, 0.1) is 4.90 Å². The lowest BCUT2D eigenvalue weighted by molar-refractivity contribution is -0.138. The van der Waals surface area contributed by atoms with E-state index in [1.54, 1.807) is 0 Å². The quantitative estimate of drug-likeness (QED) is 0.807. The van der Waals surface area contributed by atoms with Crippen molar-refractivity contribution >= 4 is 15.9 Å². The van der Waals surface area contributed by atoms with Crippen LogP contribution in [-0.2, 0) is 14.8 Å². The standard InChI is InChI=1S/C20H30FN3O3S/c1-15(2)23-11-13-24(14-12-23)20(25)16-3-7-18(8-4-16)22-28(26,27)19-9-5-17(21)6-10-19/h5-6,9-10,15-16,18,22H,3-4,7-8,11-14H2,1-2H3/t16-,18-. The highest BCUT2D eigenvalue weighted by atomic mass is 32.2. The Kier molecular flexibility index (Phi) is 6.73. The van der Waals surface area contributed by atoms with Gasteiger partial charge in [0, 0.05) is 44.2 Å². The zero-order chi connectivity index (χ0) is 20.3. The highest BCUT2D eigenvalue weighted by Gasteiger charge is 2.32. The number of piperazine rings is 1. The zero-order valence-electron chi connectivity index (χ0n) is 16.6. The van der Waals surface area contributed by atoms with E-state index in [2.05, 4.69) is 23.5 Å². The maximum atomic E-state index is 13.0. The van der Waals surface area contributed by atoms with Gasteiger partial charge in [-0.05, 0) is 63.8 Å². The molecular formula is C20H30FN3O3S. The molecule has 0 radical (unpaired) electrons. The topological polar surface area (TPSA) is 69.7 Å². The Morgan fingerprint density at radius 2 is 1.61 bits per heavy atom. The van der Waals surface area contributed by atoms with Gasteiger partial charge in [-0.15, -0.1) is 0 Å². The number of hydrogen-bond acceptors (Lipinski definition) is 4. The first-order chi connectivity index (χ1) is 13.3. The van der Waals surface area contributed by atoms with Crippen molar-refractivity contribution in [1.29, 1.82) is 0 Å². The lowest BCUT2D eigenvalue weighted by Gasteiger charge is -2.39. The smallest absolute Gasteiger partial charge is 0.240 e. The predicted octanol–water partition coefficient (Wildman–Crippen LogP) is 2.22. The lowest BCUT2D eigenvalue weighted by atomic mass is 9.85. The molecular weight excluding hydrogens is 381 g/mol. The summed E-state index contributed by atoms with van der Waals surface area (Å²) in [5.41, 5.74) is 0. The number of nitrogens with one attached hydrogen (secondary N) is 1. The molecule has 28 heavy (non-hydrogen) atoms. The van der Waals surface area contributed by atoms with Crippen LogP contribution in [0.4, 0.5) is 4.39 Å². The second-order valence-electron chi connectivity index (χ2n) is 8.08. The molecule has 1 saturated heterocycles. The maximum Gasteiger partial charge on any atom is 0.240 e. The van der Waals surface area contributed by atoms with Crippen LogP contribution < -0.4 is 4.72 Å². The molecule has 2 aliphatic rings. The van der Waals surface area contributed by atoms with Gasteiger partial charge in [-0.25, -0.2) is 17.5 Å². The Bertz CT molecular complexity index is 766. The number of benzene rings is 1. The molecule has 0 aromatic heterocycles. The largest absolute Gasteiger partial charge is 0.340 e. The average Bonchev–Trinajstić information content (AvgIpc) is 2.68. The number of rotatable bonds is 5. The van der Waals surface area contributed by atoms with E-state index in [1.807, 2.05) is 4.90 Å². The van der Waals surface area contributed by atoms with E-state index in [4.69, 9.17) is 0 Å². The molecule has 1 aromatic carbocycles. The highest BCUT2D eigenvalue weighted by Crippen LogP contribution is 2.27. The van der Waals surface area contributed by atoms with E-state index in [1.165, 1.54) is 12.1 Å². The summed E-state index contributed by atoms with van der Waals surface area (Å²) in [6, 6.07) is 5.14. The highest BCUT2D eigenvalue weighted by molar-refractivity contribution is 7.89. The van der Waals surface area contributed by atoms with Gasteiger partial charge in [0.25, 0.3) is 0 Å². The second-order valence-corrected chi connectivity index (χ2v) is 9.79. The van der Waals surface area contributed by atoms with E-state index >= 15 is 0 Å². The van der Waals surface area contributed by atoms with Crippen LogP contribution in [0.15, 0.2) is 29.2 Å². The minimum atomic E-state index is -3.67. The maximum absolute atomic E-state index is 13.0. The van der Waals surface area contributed by atoms with Gasteiger partial charge in [0.1, 0.15) is 5.82 Å². The molecule has 2 fully saturated rings. The SMILES string of the molecule is CC(C)N1CCN(C(=O)[C@H]2CC[C@H](NS(=O)(=O)c3ccc(F)cc3)CC2)CC1. The fraction of sp³-hybridized carbons (Fsp3) is 0.650. The summed E-state index contributed by atoms with van der Waals surface area (Å²) < 4.78 is 40.6. The minimum Gasteiger partial charge on any atom is -0.340 e. The molecule has 1 aliphatic carbocycles. The molecule has 1 N–H and O–H groups in total. The Morgan fingerprint density at radius 3 is 2.14 bits per heavy atom. The van der Waals surface area contributed by atoms with Gasteiger partial charge in [-0.2, -0.15) is 0 Å². The first-order valence-electron chi connectivity index (χ1n) is 10.1. The molecule has 8 heteroatoms. The van der Waals surface area contributed by atoms with E-state index in [0.717, 1.165) is 38.3 Å². The van der Waals surface area contributed by atoms with Crippen LogP contribution >= 0.6 is 0 Å². The Morgan fingerprint density at radius 1 is 1.04 bits per heavy atom. The molecule has 156 valence electrons. The Hall–Kier alpha value is -1.51.